The molecule has 3 aromatic rings. The summed E-state index contributed by atoms with van der Waals surface area (Å²) < 4.78 is 0. The molecule has 122 valence electrons. The molecule has 3 rings (SSSR count). The maximum Gasteiger partial charge on any atom is 0.247 e. The molecule has 1 aromatic heterocycles. The molecule has 0 saturated heterocycles. The van der Waals surface area contributed by atoms with Crippen LogP contribution in [0.25, 0.3) is 0 Å². The Kier molecular flexibility index (Phi) is 5.01. The van der Waals surface area contributed by atoms with Gasteiger partial charge in [-0.2, -0.15) is 10.1 Å². The number of aromatic nitrogens is 3. The summed E-state index contributed by atoms with van der Waals surface area (Å²) in [5, 5.41) is 8.37. The molecule has 0 aliphatic carbocycles. The minimum atomic E-state index is 0.640. The minimum absolute atomic E-state index is 0.640. The molecule has 0 unspecified atom stereocenters. The average molecular weight is 319 g/mol. The maximum atomic E-state index is 4.69. The summed E-state index contributed by atoms with van der Waals surface area (Å²) in [6, 6.07) is 20.4. The SMILES string of the molecule is CCN(Cc1ccccc1)c1nncc(N(C)c2ccccc2)n1. The summed E-state index contributed by atoms with van der Waals surface area (Å²) in [6.07, 6.45) is 1.69. The zero-order valence-electron chi connectivity index (χ0n) is 14.0. The fraction of sp³-hybridized carbons (Fsp3) is 0.211. The Labute approximate surface area is 142 Å². The lowest BCUT2D eigenvalue weighted by atomic mass is 10.2. The summed E-state index contributed by atoms with van der Waals surface area (Å²) in [4.78, 5) is 8.82. The molecule has 0 aliphatic heterocycles. The van der Waals surface area contributed by atoms with Crippen LogP contribution in [0, 0.1) is 0 Å². The highest BCUT2D eigenvalue weighted by molar-refractivity contribution is 5.58. The van der Waals surface area contributed by atoms with Crippen LogP contribution in [0.1, 0.15) is 12.5 Å². The van der Waals surface area contributed by atoms with Gasteiger partial charge in [-0.25, -0.2) is 0 Å². The molecule has 0 fully saturated rings. The molecule has 0 saturated carbocycles. The Morgan fingerprint density at radius 1 is 0.917 bits per heavy atom. The molecule has 0 amide bonds. The van der Waals surface area contributed by atoms with Gasteiger partial charge in [0, 0.05) is 25.8 Å². The monoisotopic (exact) mass is 319 g/mol. The normalized spacial score (nSPS) is 10.4. The van der Waals surface area contributed by atoms with Crippen molar-refractivity contribution in [3.63, 3.8) is 0 Å². The van der Waals surface area contributed by atoms with Gasteiger partial charge in [0.1, 0.15) is 0 Å². The molecule has 2 aromatic carbocycles. The number of rotatable bonds is 6. The van der Waals surface area contributed by atoms with Crippen molar-refractivity contribution in [2.45, 2.75) is 13.5 Å². The van der Waals surface area contributed by atoms with E-state index in [1.807, 2.05) is 60.5 Å². The van der Waals surface area contributed by atoms with Gasteiger partial charge in [-0.05, 0) is 24.6 Å². The first-order chi connectivity index (χ1) is 11.8. The van der Waals surface area contributed by atoms with E-state index in [2.05, 4.69) is 34.2 Å². The van der Waals surface area contributed by atoms with Crippen LogP contribution < -0.4 is 9.80 Å². The van der Waals surface area contributed by atoms with Gasteiger partial charge in [0.25, 0.3) is 0 Å². The third-order valence-corrected chi connectivity index (χ3v) is 3.90. The van der Waals surface area contributed by atoms with Crippen molar-refractivity contribution >= 4 is 17.5 Å². The highest BCUT2D eigenvalue weighted by Gasteiger charge is 2.12. The van der Waals surface area contributed by atoms with E-state index < -0.39 is 0 Å². The first kappa shape index (κ1) is 15.9. The second-order valence-corrected chi connectivity index (χ2v) is 5.51. The van der Waals surface area contributed by atoms with Crippen LogP contribution in [-0.2, 0) is 6.54 Å². The summed E-state index contributed by atoms with van der Waals surface area (Å²) >= 11 is 0. The standard InChI is InChI=1S/C19H21N5/c1-3-24(15-16-10-6-4-7-11-16)19-21-18(14-20-22-19)23(2)17-12-8-5-9-13-17/h4-14H,3,15H2,1-2H3. The number of hydrogen-bond donors (Lipinski definition) is 0. The second kappa shape index (κ2) is 7.55. The maximum absolute atomic E-state index is 4.69. The number of para-hydroxylation sites is 1. The smallest absolute Gasteiger partial charge is 0.247 e. The van der Waals surface area contributed by atoms with Gasteiger partial charge in [0.05, 0.1) is 6.20 Å². The van der Waals surface area contributed by atoms with Crippen LogP contribution >= 0.6 is 0 Å². The highest BCUT2D eigenvalue weighted by atomic mass is 15.3. The molecule has 5 nitrogen and oxygen atoms in total. The van der Waals surface area contributed by atoms with Crippen LogP contribution in [0.3, 0.4) is 0 Å². The van der Waals surface area contributed by atoms with Crippen LogP contribution in [0.4, 0.5) is 17.5 Å². The van der Waals surface area contributed by atoms with Gasteiger partial charge in [-0.1, -0.05) is 48.5 Å². The topological polar surface area (TPSA) is 45.2 Å². The second-order valence-electron chi connectivity index (χ2n) is 5.51. The lowest BCUT2D eigenvalue weighted by molar-refractivity contribution is 0.768. The van der Waals surface area contributed by atoms with Gasteiger partial charge < -0.3 is 9.80 Å². The number of benzene rings is 2. The Hall–Kier alpha value is -2.95. The van der Waals surface area contributed by atoms with Crippen LogP contribution in [0.5, 0.6) is 0 Å². The van der Waals surface area contributed by atoms with Crippen LogP contribution in [-0.4, -0.2) is 28.8 Å². The molecule has 5 heteroatoms. The fourth-order valence-corrected chi connectivity index (χ4v) is 2.49. The van der Waals surface area contributed by atoms with Crippen molar-refractivity contribution in [2.24, 2.45) is 0 Å². The van der Waals surface area contributed by atoms with Crippen LogP contribution in [0.2, 0.25) is 0 Å². The van der Waals surface area contributed by atoms with E-state index in [9.17, 15) is 0 Å². The van der Waals surface area contributed by atoms with Crippen molar-refractivity contribution < 1.29 is 0 Å². The van der Waals surface area contributed by atoms with Gasteiger partial charge in [0.15, 0.2) is 5.82 Å². The van der Waals surface area contributed by atoms with Gasteiger partial charge in [-0.15, -0.1) is 5.10 Å². The number of hydrogen-bond acceptors (Lipinski definition) is 5. The Morgan fingerprint density at radius 3 is 2.25 bits per heavy atom. The molecule has 0 bridgehead atoms. The molecular weight excluding hydrogens is 298 g/mol. The van der Waals surface area contributed by atoms with Gasteiger partial charge in [-0.3, -0.25) is 0 Å². The highest BCUT2D eigenvalue weighted by Crippen LogP contribution is 2.22. The van der Waals surface area contributed by atoms with Crippen molar-refractivity contribution in [1.29, 1.82) is 0 Å². The number of anilines is 3. The Morgan fingerprint density at radius 2 is 1.58 bits per heavy atom. The third-order valence-electron chi connectivity index (χ3n) is 3.90. The summed E-state index contributed by atoms with van der Waals surface area (Å²) in [6.45, 7) is 3.67. The first-order valence-corrected chi connectivity index (χ1v) is 8.05. The average Bonchev–Trinajstić information content (AvgIpc) is 2.67. The van der Waals surface area contributed by atoms with Gasteiger partial charge >= 0.3 is 0 Å². The van der Waals surface area contributed by atoms with Crippen molar-refractivity contribution in [1.82, 2.24) is 15.2 Å². The Balaban J connectivity index is 1.83. The molecule has 0 N–H and O–H groups in total. The van der Waals surface area contributed by atoms with Gasteiger partial charge in [0.2, 0.25) is 5.95 Å². The summed E-state index contributed by atoms with van der Waals surface area (Å²) in [5.74, 6) is 1.42. The van der Waals surface area contributed by atoms with E-state index in [0.29, 0.717) is 5.95 Å². The molecule has 24 heavy (non-hydrogen) atoms. The zero-order chi connectivity index (χ0) is 16.8. The first-order valence-electron chi connectivity index (χ1n) is 8.05. The largest absolute Gasteiger partial charge is 0.335 e. The lowest BCUT2D eigenvalue weighted by Crippen LogP contribution is -2.25. The molecule has 0 aliphatic rings. The molecule has 0 spiro atoms. The van der Waals surface area contributed by atoms with E-state index in [4.69, 9.17) is 4.98 Å². The fourth-order valence-electron chi connectivity index (χ4n) is 2.49. The van der Waals surface area contributed by atoms with E-state index in [-0.39, 0.29) is 0 Å². The van der Waals surface area contributed by atoms with E-state index in [1.165, 1.54) is 5.56 Å². The van der Waals surface area contributed by atoms with E-state index in [1.54, 1.807) is 6.20 Å². The summed E-state index contributed by atoms with van der Waals surface area (Å²) in [5.41, 5.74) is 2.29. The molecule has 0 atom stereocenters. The minimum Gasteiger partial charge on any atom is -0.335 e. The van der Waals surface area contributed by atoms with Crippen molar-refractivity contribution in [3.05, 3.63) is 72.4 Å². The molecule has 0 radical (unpaired) electrons. The molecular formula is C19H21N5. The predicted molar refractivity (Wildman–Crippen MR) is 97.5 cm³/mol. The quantitative estimate of drug-likeness (QED) is 0.694. The number of nitrogens with zero attached hydrogens (tertiary/aromatic N) is 5. The summed E-state index contributed by atoms with van der Waals surface area (Å²) in [7, 11) is 1.98. The van der Waals surface area contributed by atoms with Crippen LogP contribution in [0.15, 0.2) is 66.9 Å². The van der Waals surface area contributed by atoms with E-state index >= 15 is 0 Å². The molecule has 1 heterocycles. The van der Waals surface area contributed by atoms with E-state index in [0.717, 1.165) is 24.6 Å². The third kappa shape index (κ3) is 3.68. The Bertz CT molecular complexity index is 761. The predicted octanol–water partition coefficient (Wildman–Crippen LogP) is 3.67. The van der Waals surface area contributed by atoms with Crippen molar-refractivity contribution in [2.75, 3.05) is 23.4 Å². The zero-order valence-corrected chi connectivity index (χ0v) is 14.0. The lowest BCUT2D eigenvalue weighted by Gasteiger charge is -2.23. The van der Waals surface area contributed by atoms with Crippen molar-refractivity contribution in [3.8, 4) is 0 Å².